The minimum absolute atomic E-state index is 0.00703. The van der Waals surface area contributed by atoms with Crippen LogP contribution in [-0.2, 0) is 11.2 Å². The summed E-state index contributed by atoms with van der Waals surface area (Å²) in [5.74, 6) is 0.580. The monoisotopic (exact) mass is 301 g/mol. The molecule has 3 rings (SSSR count). The molecule has 1 aliphatic rings. The van der Waals surface area contributed by atoms with Crippen LogP contribution in [0.5, 0.6) is 0 Å². The second kappa shape index (κ2) is 6.83. The molecule has 1 aromatic heterocycles. The van der Waals surface area contributed by atoms with Crippen LogP contribution in [0.2, 0.25) is 0 Å². The standard InChI is InChI=1S/C16H19N3OS/c20-15(10-12-4-2-1-3-5-12)19-16-18-11-14(21-16)13-6-8-17-9-7-13/h1-5,11,13,17H,6-10H2,(H,18,19,20). The van der Waals surface area contributed by atoms with E-state index in [1.807, 2.05) is 36.5 Å². The number of nitrogens with zero attached hydrogens (tertiary/aromatic N) is 1. The highest BCUT2D eigenvalue weighted by Crippen LogP contribution is 2.31. The fraction of sp³-hybridized carbons (Fsp3) is 0.375. The number of hydrogen-bond acceptors (Lipinski definition) is 4. The zero-order chi connectivity index (χ0) is 14.5. The summed E-state index contributed by atoms with van der Waals surface area (Å²) in [6.45, 7) is 2.14. The molecule has 5 heteroatoms. The number of piperidine rings is 1. The van der Waals surface area contributed by atoms with Crippen LogP contribution in [0.15, 0.2) is 36.5 Å². The van der Waals surface area contributed by atoms with E-state index in [1.165, 1.54) is 4.88 Å². The largest absolute Gasteiger partial charge is 0.317 e. The average Bonchev–Trinajstić information content (AvgIpc) is 2.97. The Morgan fingerprint density at radius 2 is 2.05 bits per heavy atom. The number of anilines is 1. The Balaban J connectivity index is 1.57. The lowest BCUT2D eigenvalue weighted by Gasteiger charge is -2.20. The van der Waals surface area contributed by atoms with Crippen molar-refractivity contribution in [3.63, 3.8) is 0 Å². The van der Waals surface area contributed by atoms with Crippen molar-refractivity contribution in [1.82, 2.24) is 10.3 Å². The summed E-state index contributed by atoms with van der Waals surface area (Å²) >= 11 is 1.61. The van der Waals surface area contributed by atoms with Gasteiger partial charge in [0.05, 0.1) is 6.42 Å². The first-order valence-corrected chi connectivity index (χ1v) is 8.13. The highest BCUT2D eigenvalue weighted by atomic mass is 32.1. The molecular formula is C16H19N3OS. The Bertz CT molecular complexity index is 591. The van der Waals surface area contributed by atoms with Gasteiger partial charge >= 0.3 is 0 Å². The first-order chi connectivity index (χ1) is 10.3. The van der Waals surface area contributed by atoms with E-state index >= 15 is 0 Å². The van der Waals surface area contributed by atoms with Gasteiger partial charge in [-0.1, -0.05) is 30.3 Å². The third-order valence-electron chi connectivity index (χ3n) is 3.72. The highest BCUT2D eigenvalue weighted by Gasteiger charge is 2.18. The molecule has 2 aromatic rings. The quantitative estimate of drug-likeness (QED) is 0.913. The minimum Gasteiger partial charge on any atom is -0.317 e. The predicted molar refractivity (Wildman–Crippen MR) is 85.7 cm³/mol. The van der Waals surface area contributed by atoms with Gasteiger partial charge in [-0.15, -0.1) is 11.3 Å². The SMILES string of the molecule is O=C(Cc1ccccc1)Nc1ncc(C2CCNCC2)s1. The van der Waals surface area contributed by atoms with Gasteiger partial charge in [0.15, 0.2) is 5.13 Å². The van der Waals surface area contributed by atoms with Gasteiger partial charge in [-0.05, 0) is 37.4 Å². The third kappa shape index (κ3) is 3.89. The van der Waals surface area contributed by atoms with Gasteiger partial charge in [0.1, 0.15) is 0 Å². The fourth-order valence-corrected chi connectivity index (χ4v) is 3.59. The summed E-state index contributed by atoms with van der Waals surface area (Å²) < 4.78 is 0. The summed E-state index contributed by atoms with van der Waals surface area (Å²) in [6, 6.07) is 9.76. The number of benzene rings is 1. The molecule has 0 atom stereocenters. The first kappa shape index (κ1) is 14.2. The van der Waals surface area contributed by atoms with Crippen LogP contribution in [0.3, 0.4) is 0 Å². The molecule has 1 saturated heterocycles. The molecule has 0 bridgehead atoms. The van der Waals surface area contributed by atoms with Crippen LogP contribution in [0.1, 0.15) is 29.2 Å². The molecule has 1 aromatic carbocycles. The first-order valence-electron chi connectivity index (χ1n) is 7.31. The molecule has 0 aliphatic carbocycles. The van der Waals surface area contributed by atoms with E-state index in [-0.39, 0.29) is 5.91 Å². The maximum atomic E-state index is 12.0. The summed E-state index contributed by atoms with van der Waals surface area (Å²) in [5.41, 5.74) is 1.02. The highest BCUT2D eigenvalue weighted by molar-refractivity contribution is 7.15. The number of hydrogen-bond donors (Lipinski definition) is 2. The van der Waals surface area contributed by atoms with E-state index in [0.717, 1.165) is 31.5 Å². The number of aromatic nitrogens is 1. The fourth-order valence-electron chi connectivity index (χ4n) is 2.58. The molecule has 1 amide bonds. The van der Waals surface area contributed by atoms with Gasteiger partial charge in [-0.3, -0.25) is 4.79 Å². The summed E-state index contributed by atoms with van der Waals surface area (Å²) in [4.78, 5) is 17.6. The second-order valence-corrected chi connectivity index (χ2v) is 6.36. The molecule has 2 N–H and O–H groups in total. The zero-order valence-corrected chi connectivity index (χ0v) is 12.7. The Labute approximate surface area is 128 Å². The van der Waals surface area contributed by atoms with Crippen LogP contribution in [-0.4, -0.2) is 24.0 Å². The van der Waals surface area contributed by atoms with Gasteiger partial charge in [0.25, 0.3) is 0 Å². The van der Waals surface area contributed by atoms with Crippen LogP contribution in [0.25, 0.3) is 0 Å². The molecule has 0 spiro atoms. The lowest BCUT2D eigenvalue weighted by Crippen LogP contribution is -2.26. The molecule has 1 aliphatic heterocycles. The normalized spacial score (nSPS) is 15.8. The smallest absolute Gasteiger partial charge is 0.230 e. The molecule has 110 valence electrons. The molecule has 0 radical (unpaired) electrons. The maximum absolute atomic E-state index is 12.0. The van der Waals surface area contributed by atoms with Crippen molar-refractivity contribution in [1.29, 1.82) is 0 Å². The second-order valence-electron chi connectivity index (χ2n) is 5.30. The van der Waals surface area contributed by atoms with Crippen molar-refractivity contribution in [2.45, 2.75) is 25.2 Å². The lowest BCUT2D eigenvalue weighted by molar-refractivity contribution is -0.115. The lowest BCUT2D eigenvalue weighted by atomic mass is 9.97. The molecule has 1 fully saturated rings. The molecule has 0 saturated carbocycles. The number of rotatable bonds is 4. The molecule has 21 heavy (non-hydrogen) atoms. The Kier molecular flexibility index (Phi) is 4.62. The maximum Gasteiger partial charge on any atom is 0.230 e. The topological polar surface area (TPSA) is 54.0 Å². The van der Waals surface area contributed by atoms with Gasteiger partial charge in [0, 0.05) is 11.1 Å². The van der Waals surface area contributed by atoms with Crippen molar-refractivity contribution in [3.05, 3.63) is 47.0 Å². The van der Waals surface area contributed by atoms with Crippen LogP contribution in [0.4, 0.5) is 5.13 Å². The van der Waals surface area contributed by atoms with E-state index in [9.17, 15) is 4.79 Å². The van der Waals surface area contributed by atoms with Crippen molar-refractivity contribution in [3.8, 4) is 0 Å². The number of carbonyl (C=O) groups is 1. The van der Waals surface area contributed by atoms with Crippen molar-refractivity contribution in [2.75, 3.05) is 18.4 Å². The summed E-state index contributed by atoms with van der Waals surface area (Å²) in [5, 5.41) is 6.98. The zero-order valence-electron chi connectivity index (χ0n) is 11.8. The molecule has 4 nitrogen and oxygen atoms in total. The van der Waals surface area contributed by atoms with Crippen molar-refractivity contribution >= 4 is 22.4 Å². The summed E-state index contributed by atoms with van der Waals surface area (Å²) in [6.07, 6.45) is 4.61. The average molecular weight is 301 g/mol. The number of amides is 1. The van der Waals surface area contributed by atoms with E-state index in [0.29, 0.717) is 17.5 Å². The van der Waals surface area contributed by atoms with E-state index in [4.69, 9.17) is 0 Å². The van der Waals surface area contributed by atoms with E-state index in [2.05, 4.69) is 15.6 Å². The minimum atomic E-state index is -0.00703. The predicted octanol–water partition coefficient (Wildman–Crippen LogP) is 2.79. The van der Waals surface area contributed by atoms with Gasteiger partial charge < -0.3 is 10.6 Å². The Morgan fingerprint density at radius 3 is 2.81 bits per heavy atom. The van der Waals surface area contributed by atoms with Crippen LogP contribution < -0.4 is 10.6 Å². The number of nitrogens with one attached hydrogen (secondary N) is 2. The molecule has 2 heterocycles. The van der Waals surface area contributed by atoms with Crippen LogP contribution in [0, 0.1) is 0 Å². The molecule has 0 unspecified atom stereocenters. The van der Waals surface area contributed by atoms with Gasteiger partial charge in [0.2, 0.25) is 5.91 Å². The van der Waals surface area contributed by atoms with E-state index < -0.39 is 0 Å². The van der Waals surface area contributed by atoms with Crippen molar-refractivity contribution < 1.29 is 4.79 Å². The van der Waals surface area contributed by atoms with Crippen molar-refractivity contribution in [2.24, 2.45) is 0 Å². The van der Waals surface area contributed by atoms with Gasteiger partial charge in [-0.2, -0.15) is 0 Å². The number of thiazole rings is 1. The number of carbonyl (C=O) groups excluding carboxylic acids is 1. The third-order valence-corrected chi connectivity index (χ3v) is 4.79. The summed E-state index contributed by atoms with van der Waals surface area (Å²) in [7, 11) is 0. The Morgan fingerprint density at radius 1 is 1.29 bits per heavy atom. The van der Waals surface area contributed by atoms with Gasteiger partial charge in [-0.25, -0.2) is 4.98 Å². The Hall–Kier alpha value is -1.72. The molecular weight excluding hydrogens is 282 g/mol. The van der Waals surface area contributed by atoms with Crippen LogP contribution >= 0.6 is 11.3 Å². The van der Waals surface area contributed by atoms with E-state index in [1.54, 1.807) is 11.3 Å².